The Kier molecular flexibility index (Phi) is 65.6. The van der Waals surface area contributed by atoms with Gasteiger partial charge in [0.25, 0.3) is 0 Å². The molecule has 90 heavy (non-hydrogen) atoms. The second kappa shape index (κ2) is 68.5. The molecule has 11 heteroatoms. The van der Waals surface area contributed by atoms with Crippen molar-refractivity contribution in [3.8, 4) is 0 Å². The predicted molar refractivity (Wildman–Crippen MR) is 380 cm³/mol. The molecule has 0 aromatic heterocycles. The van der Waals surface area contributed by atoms with Crippen molar-refractivity contribution in [3.63, 3.8) is 0 Å². The molecule has 11 nitrogen and oxygen atoms in total. The lowest BCUT2D eigenvalue weighted by molar-refractivity contribution is -0.302. The maximum Gasteiger partial charge on any atom is 0.305 e. The van der Waals surface area contributed by atoms with Crippen molar-refractivity contribution in [1.29, 1.82) is 0 Å². The van der Waals surface area contributed by atoms with Gasteiger partial charge in [-0.05, 0) is 44.9 Å². The van der Waals surface area contributed by atoms with Gasteiger partial charge in [0.2, 0.25) is 5.91 Å². The summed E-state index contributed by atoms with van der Waals surface area (Å²) in [5.74, 6) is -0.166. The number of carbonyl (C=O) groups excluding carboxylic acids is 2. The maximum atomic E-state index is 13.1. The van der Waals surface area contributed by atoms with E-state index >= 15 is 0 Å². The zero-order valence-corrected chi connectivity index (χ0v) is 59.4. The summed E-state index contributed by atoms with van der Waals surface area (Å²) >= 11 is 0. The average Bonchev–Trinajstić information content (AvgIpc) is 2.63. The molecule has 0 radical (unpaired) electrons. The van der Waals surface area contributed by atoms with Crippen LogP contribution in [-0.4, -0.2) is 100 Å². The van der Waals surface area contributed by atoms with E-state index in [1.165, 1.54) is 327 Å². The van der Waals surface area contributed by atoms with Gasteiger partial charge in [-0.25, -0.2) is 0 Å². The van der Waals surface area contributed by atoms with Crippen LogP contribution in [0.5, 0.6) is 0 Å². The van der Waals surface area contributed by atoms with E-state index in [1.54, 1.807) is 6.08 Å². The number of unbranched alkanes of at least 4 members (excludes halogenated alkanes) is 55. The Morgan fingerprint density at radius 3 is 1.10 bits per heavy atom. The minimum atomic E-state index is -1.57. The van der Waals surface area contributed by atoms with E-state index in [4.69, 9.17) is 14.2 Å². The van der Waals surface area contributed by atoms with Gasteiger partial charge in [-0.3, -0.25) is 9.59 Å². The smallest absolute Gasteiger partial charge is 0.305 e. The van der Waals surface area contributed by atoms with Crippen LogP contribution >= 0.6 is 0 Å². The van der Waals surface area contributed by atoms with E-state index in [9.17, 15) is 35.1 Å². The van der Waals surface area contributed by atoms with Gasteiger partial charge >= 0.3 is 5.97 Å². The standard InChI is InChI=1S/C79H151NO10/c1-3-5-7-9-11-13-15-17-39-42-45-49-53-57-61-65-72(82)71(70-89-79-78(87)77(86)76(85)73(69-81)90-79)80-74(83)66-62-58-54-50-46-43-40-37-35-33-31-29-27-25-23-21-19-18-20-22-24-26-28-30-32-34-36-38-41-44-48-52-56-60-64-68-88-75(84)67-63-59-55-51-47-16-14-12-10-8-6-4-2/h45,49,61,65,71-73,76-79,81-82,85-87H,3-44,46-48,50-60,62-64,66-70H2,1-2H3,(H,80,83)/b49-45+,65-61+. The van der Waals surface area contributed by atoms with Crippen LogP contribution in [0.2, 0.25) is 0 Å². The number of carbonyl (C=O) groups is 2. The number of ether oxygens (including phenoxy) is 3. The zero-order chi connectivity index (χ0) is 65.1. The molecule has 0 aromatic rings. The average molecular weight is 1280 g/mol. The Morgan fingerprint density at radius 1 is 0.400 bits per heavy atom. The number of allylic oxidation sites excluding steroid dienone is 3. The van der Waals surface area contributed by atoms with Crippen molar-refractivity contribution in [2.24, 2.45) is 0 Å². The summed E-state index contributed by atoms with van der Waals surface area (Å²) in [5, 5.41) is 54.6. The minimum Gasteiger partial charge on any atom is -0.466 e. The Balaban J connectivity index is 1.92. The Morgan fingerprint density at radius 2 is 0.722 bits per heavy atom. The molecule has 1 fully saturated rings. The number of aliphatic hydroxyl groups is 5. The summed E-state index contributed by atoms with van der Waals surface area (Å²) in [5.41, 5.74) is 0. The van der Waals surface area contributed by atoms with Crippen molar-refractivity contribution in [1.82, 2.24) is 5.32 Å². The maximum absolute atomic E-state index is 13.1. The Labute approximate surface area is 556 Å². The molecule has 1 aliphatic heterocycles. The molecule has 0 bridgehead atoms. The number of nitrogens with one attached hydrogen (secondary N) is 1. The van der Waals surface area contributed by atoms with E-state index in [-0.39, 0.29) is 18.5 Å². The summed E-state index contributed by atoms with van der Waals surface area (Å²) in [6.45, 7) is 4.39. The van der Waals surface area contributed by atoms with Crippen molar-refractivity contribution in [2.45, 2.75) is 448 Å². The number of esters is 1. The van der Waals surface area contributed by atoms with Crippen molar-refractivity contribution in [3.05, 3.63) is 24.3 Å². The fraction of sp³-hybridized carbons (Fsp3) is 0.924. The SMILES string of the molecule is CCCCCCCCCCC/C=C/CC/C=C/C(O)C(COC1OC(CO)C(O)C(O)C1O)NC(=O)CCCCCCCCCCCCCCCCCCCCCCCCCCCCCCCCCCCCCOC(=O)CCCCCCCCCCCCCC. The van der Waals surface area contributed by atoms with Crippen LogP contribution in [0.25, 0.3) is 0 Å². The molecular weight excluding hydrogens is 1120 g/mol. The highest BCUT2D eigenvalue weighted by Gasteiger charge is 2.44. The van der Waals surface area contributed by atoms with E-state index in [2.05, 4.69) is 31.3 Å². The highest BCUT2D eigenvalue weighted by molar-refractivity contribution is 5.76. The lowest BCUT2D eigenvalue weighted by atomic mass is 9.99. The van der Waals surface area contributed by atoms with Gasteiger partial charge in [0, 0.05) is 12.8 Å². The molecule has 0 saturated carbocycles. The first kappa shape index (κ1) is 86.2. The number of aliphatic hydroxyl groups excluding tert-OH is 5. The molecule has 1 aliphatic rings. The third kappa shape index (κ3) is 56.5. The van der Waals surface area contributed by atoms with Gasteiger partial charge in [0.1, 0.15) is 24.4 Å². The first-order valence-corrected chi connectivity index (χ1v) is 39.6. The van der Waals surface area contributed by atoms with Crippen LogP contribution in [0.3, 0.4) is 0 Å². The first-order chi connectivity index (χ1) is 44.2. The molecule has 0 aliphatic carbocycles. The number of hydrogen-bond acceptors (Lipinski definition) is 10. The second-order valence-corrected chi connectivity index (χ2v) is 27.8. The Bertz CT molecular complexity index is 1540. The summed E-state index contributed by atoms with van der Waals surface area (Å²) in [6.07, 6.45) is 77.7. The van der Waals surface area contributed by atoms with Crippen LogP contribution in [0.15, 0.2) is 24.3 Å². The normalized spacial score (nSPS) is 17.7. The molecule has 7 atom stereocenters. The minimum absolute atomic E-state index is 0.0173. The summed E-state index contributed by atoms with van der Waals surface area (Å²) in [6, 6.07) is -0.824. The molecule has 1 amide bonds. The van der Waals surface area contributed by atoms with Gasteiger partial charge in [-0.1, -0.05) is 372 Å². The van der Waals surface area contributed by atoms with Gasteiger partial charge in [-0.2, -0.15) is 0 Å². The zero-order valence-electron chi connectivity index (χ0n) is 59.4. The molecule has 532 valence electrons. The van der Waals surface area contributed by atoms with Gasteiger partial charge < -0.3 is 45.1 Å². The van der Waals surface area contributed by atoms with Gasteiger partial charge in [-0.15, -0.1) is 0 Å². The van der Waals surface area contributed by atoms with Crippen molar-refractivity contribution in [2.75, 3.05) is 19.8 Å². The molecule has 6 N–H and O–H groups in total. The van der Waals surface area contributed by atoms with Crippen LogP contribution in [0.4, 0.5) is 0 Å². The van der Waals surface area contributed by atoms with Crippen LogP contribution in [0, 0.1) is 0 Å². The molecule has 0 spiro atoms. The van der Waals surface area contributed by atoms with Crippen LogP contribution in [0.1, 0.15) is 406 Å². The fourth-order valence-electron chi connectivity index (χ4n) is 12.9. The van der Waals surface area contributed by atoms with E-state index in [0.717, 1.165) is 51.4 Å². The Hall–Kier alpha value is -1.86. The topological polar surface area (TPSA) is 175 Å². The largest absolute Gasteiger partial charge is 0.466 e. The summed E-state index contributed by atoms with van der Waals surface area (Å²) < 4.78 is 16.8. The molecule has 0 aromatic carbocycles. The van der Waals surface area contributed by atoms with Gasteiger partial charge in [0.05, 0.1) is 32.0 Å². The predicted octanol–water partition coefficient (Wildman–Crippen LogP) is 21.1. The highest BCUT2D eigenvalue weighted by Crippen LogP contribution is 2.24. The number of hydrogen-bond donors (Lipinski definition) is 6. The fourth-order valence-corrected chi connectivity index (χ4v) is 12.9. The third-order valence-corrected chi connectivity index (χ3v) is 19.1. The number of amides is 1. The van der Waals surface area contributed by atoms with E-state index in [1.807, 2.05) is 6.08 Å². The molecule has 7 unspecified atom stereocenters. The molecule has 1 rings (SSSR count). The van der Waals surface area contributed by atoms with E-state index < -0.39 is 49.5 Å². The number of rotatable bonds is 71. The third-order valence-electron chi connectivity index (χ3n) is 19.1. The van der Waals surface area contributed by atoms with Crippen molar-refractivity contribution < 1.29 is 49.3 Å². The van der Waals surface area contributed by atoms with E-state index in [0.29, 0.717) is 19.4 Å². The molecule has 1 saturated heterocycles. The van der Waals surface area contributed by atoms with Crippen LogP contribution < -0.4 is 5.32 Å². The lowest BCUT2D eigenvalue weighted by Crippen LogP contribution is -2.60. The van der Waals surface area contributed by atoms with Crippen LogP contribution in [-0.2, 0) is 23.8 Å². The first-order valence-electron chi connectivity index (χ1n) is 39.6. The summed E-state index contributed by atoms with van der Waals surface area (Å²) in [4.78, 5) is 25.2. The quantitative estimate of drug-likeness (QED) is 0.0195. The molecule has 1 heterocycles. The highest BCUT2D eigenvalue weighted by atomic mass is 16.7. The van der Waals surface area contributed by atoms with Gasteiger partial charge in [0.15, 0.2) is 6.29 Å². The monoisotopic (exact) mass is 1270 g/mol. The lowest BCUT2D eigenvalue weighted by Gasteiger charge is -2.40. The summed E-state index contributed by atoms with van der Waals surface area (Å²) in [7, 11) is 0. The van der Waals surface area contributed by atoms with Crippen molar-refractivity contribution >= 4 is 11.9 Å². The second-order valence-electron chi connectivity index (χ2n) is 27.8. The molecular formula is C79H151NO10.